The maximum atomic E-state index is 12.1. The number of esters is 1. The molecule has 0 atom stereocenters. The van der Waals surface area contributed by atoms with Crippen LogP contribution in [-0.4, -0.2) is 29.3 Å². The summed E-state index contributed by atoms with van der Waals surface area (Å²) in [6.07, 6.45) is 2.36. The third-order valence-electron chi connectivity index (χ3n) is 4.48. The van der Waals surface area contributed by atoms with Crippen LogP contribution in [0.2, 0.25) is 0 Å². The second-order valence-electron chi connectivity index (χ2n) is 7.49. The van der Waals surface area contributed by atoms with E-state index in [1.807, 2.05) is 18.2 Å². The largest absolute Gasteiger partial charge is 0.456 e. The molecule has 1 fully saturated rings. The van der Waals surface area contributed by atoms with Crippen LogP contribution in [0, 0.1) is 0 Å². The van der Waals surface area contributed by atoms with Crippen LogP contribution < -0.4 is 4.90 Å². The van der Waals surface area contributed by atoms with Crippen molar-refractivity contribution in [2.75, 3.05) is 18.0 Å². The highest BCUT2D eigenvalue weighted by atomic mass is 16.5. The van der Waals surface area contributed by atoms with E-state index in [2.05, 4.69) is 48.0 Å². The number of anilines is 1. The number of hydrogen-bond acceptors (Lipinski definition) is 5. The Balaban J connectivity index is 1.57. The lowest BCUT2D eigenvalue weighted by Crippen LogP contribution is -2.20. The molecule has 2 heterocycles. The average molecular weight is 339 g/mol. The van der Waals surface area contributed by atoms with Gasteiger partial charge in [-0.05, 0) is 41.5 Å². The lowest BCUT2D eigenvalue weighted by Gasteiger charge is -2.19. The van der Waals surface area contributed by atoms with Gasteiger partial charge in [-0.2, -0.15) is 0 Å². The summed E-state index contributed by atoms with van der Waals surface area (Å²) in [6, 6.07) is 11.7. The van der Waals surface area contributed by atoms with Crippen molar-refractivity contribution < 1.29 is 9.53 Å². The van der Waals surface area contributed by atoms with Crippen LogP contribution in [0.3, 0.4) is 0 Å². The highest BCUT2D eigenvalue weighted by Crippen LogP contribution is 2.22. The molecule has 1 aromatic carbocycles. The molecule has 5 heteroatoms. The normalized spacial score (nSPS) is 14.6. The SMILES string of the molecule is CC(C)(C)c1ccc(COC(=O)c2ccc(N3CCCC3)nn2)cc1. The van der Waals surface area contributed by atoms with Crippen LogP contribution in [0.4, 0.5) is 5.82 Å². The Morgan fingerprint density at radius 1 is 1.04 bits per heavy atom. The molecule has 1 saturated heterocycles. The van der Waals surface area contributed by atoms with Gasteiger partial charge in [-0.15, -0.1) is 10.2 Å². The van der Waals surface area contributed by atoms with Crippen molar-refractivity contribution in [3.63, 3.8) is 0 Å². The summed E-state index contributed by atoms with van der Waals surface area (Å²) in [5.41, 5.74) is 2.57. The lowest BCUT2D eigenvalue weighted by molar-refractivity contribution is 0.0464. The van der Waals surface area contributed by atoms with E-state index in [0.717, 1.165) is 24.5 Å². The van der Waals surface area contributed by atoms with Crippen LogP contribution >= 0.6 is 0 Å². The van der Waals surface area contributed by atoms with Crippen molar-refractivity contribution in [3.05, 3.63) is 53.2 Å². The minimum atomic E-state index is -0.444. The number of hydrogen-bond donors (Lipinski definition) is 0. The minimum absolute atomic E-state index is 0.113. The smallest absolute Gasteiger partial charge is 0.359 e. The fraction of sp³-hybridized carbons (Fsp3) is 0.450. The molecule has 0 aliphatic carbocycles. The van der Waals surface area contributed by atoms with Crippen molar-refractivity contribution in [2.45, 2.75) is 45.6 Å². The van der Waals surface area contributed by atoms with Gasteiger partial charge in [-0.1, -0.05) is 45.0 Å². The Hall–Kier alpha value is -2.43. The number of carbonyl (C=O) groups is 1. The summed E-state index contributed by atoms with van der Waals surface area (Å²) in [4.78, 5) is 14.3. The summed E-state index contributed by atoms with van der Waals surface area (Å²) in [5.74, 6) is 0.382. The molecule has 0 saturated carbocycles. The zero-order valence-corrected chi connectivity index (χ0v) is 15.2. The molecule has 0 radical (unpaired) electrons. The van der Waals surface area contributed by atoms with Crippen molar-refractivity contribution in [2.24, 2.45) is 0 Å². The summed E-state index contributed by atoms with van der Waals surface area (Å²) < 4.78 is 5.35. The first-order chi connectivity index (χ1) is 11.9. The minimum Gasteiger partial charge on any atom is -0.456 e. The second kappa shape index (κ2) is 7.21. The molecule has 25 heavy (non-hydrogen) atoms. The van der Waals surface area contributed by atoms with E-state index in [1.54, 1.807) is 6.07 Å². The number of aromatic nitrogens is 2. The van der Waals surface area contributed by atoms with Crippen LogP contribution in [0.1, 0.15) is 55.2 Å². The molecule has 0 bridgehead atoms. The number of rotatable bonds is 4. The molecule has 0 amide bonds. The maximum absolute atomic E-state index is 12.1. The molecule has 2 aromatic rings. The zero-order chi connectivity index (χ0) is 17.9. The quantitative estimate of drug-likeness (QED) is 0.795. The zero-order valence-electron chi connectivity index (χ0n) is 15.2. The second-order valence-corrected chi connectivity index (χ2v) is 7.49. The highest BCUT2D eigenvalue weighted by molar-refractivity contribution is 5.87. The van der Waals surface area contributed by atoms with Gasteiger partial charge < -0.3 is 9.64 Å². The van der Waals surface area contributed by atoms with Gasteiger partial charge in [0.1, 0.15) is 6.61 Å². The van der Waals surface area contributed by atoms with Gasteiger partial charge in [-0.25, -0.2) is 4.79 Å². The fourth-order valence-corrected chi connectivity index (χ4v) is 2.87. The number of nitrogens with zero attached hydrogens (tertiary/aromatic N) is 3. The summed E-state index contributed by atoms with van der Waals surface area (Å²) in [6.45, 7) is 8.76. The van der Waals surface area contributed by atoms with Crippen LogP contribution in [0.25, 0.3) is 0 Å². The summed E-state index contributed by atoms with van der Waals surface area (Å²) >= 11 is 0. The molecule has 1 aliphatic rings. The van der Waals surface area contributed by atoms with E-state index in [4.69, 9.17) is 4.74 Å². The Bertz CT molecular complexity index is 712. The predicted octanol–water partition coefficient (Wildman–Crippen LogP) is 3.73. The number of benzene rings is 1. The van der Waals surface area contributed by atoms with Gasteiger partial charge in [0.05, 0.1) is 0 Å². The number of ether oxygens (including phenoxy) is 1. The fourth-order valence-electron chi connectivity index (χ4n) is 2.87. The van der Waals surface area contributed by atoms with Crippen molar-refractivity contribution in [1.82, 2.24) is 10.2 Å². The van der Waals surface area contributed by atoms with Crippen molar-refractivity contribution >= 4 is 11.8 Å². The van der Waals surface area contributed by atoms with Crippen LogP contribution in [-0.2, 0) is 16.8 Å². The third-order valence-corrected chi connectivity index (χ3v) is 4.48. The molecular weight excluding hydrogens is 314 g/mol. The molecule has 132 valence electrons. The first-order valence-corrected chi connectivity index (χ1v) is 8.79. The van der Waals surface area contributed by atoms with E-state index in [9.17, 15) is 4.79 Å². The first-order valence-electron chi connectivity index (χ1n) is 8.79. The monoisotopic (exact) mass is 339 g/mol. The molecule has 0 N–H and O–H groups in total. The Morgan fingerprint density at radius 3 is 2.28 bits per heavy atom. The van der Waals surface area contributed by atoms with Crippen molar-refractivity contribution in [3.8, 4) is 0 Å². The van der Waals surface area contributed by atoms with Crippen LogP contribution in [0.5, 0.6) is 0 Å². The van der Waals surface area contributed by atoms with E-state index in [0.29, 0.717) is 0 Å². The average Bonchev–Trinajstić information content (AvgIpc) is 3.14. The summed E-state index contributed by atoms with van der Waals surface area (Å²) in [7, 11) is 0. The maximum Gasteiger partial charge on any atom is 0.359 e. The lowest BCUT2D eigenvalue weighted by atomic mass is 9.87. The van der Waals surface area contributed by atoms with Gasteiger partial charge in [-0.3, -0.25) is 0 Å². The molecule has 0 unspecified atom stereocenters. The molecule has 3 rings (SSSR count). The Morgan fingerprint density at radius 2 is 1.72 bits per heavy atom. The first kappa shape index (κ1) is 17.4. The third kappa shape index (κ3) is 4.35. The van der Waals surface area contributed by atoms with Gasteiger partial charge >= 0.3 is 5.97 Å². The van der Waals surface area contributed by atoms with Gasteiger partial charge in [0.25, 0.3) is 0 Å². The van der Waals surface area contributed by atoms with Gasteiger partial charge in [0.15, 0.2) is 11.5 Å². The van der Waals surface area contributed by atoms with Gasteiger partial charge in [0.2, 0.25) is 0 Å². The molecule has 0 spiro atoms. The standard InChI is InChI=1S/C20H25N3O2/c1-20(2,3)16-8-6-15(7-9-16)14-25-19(24)17-10-11-18(22-21-17)23-12-4-5-13-23/h6-11H,4-5,12-14H2,1-3H3. The highest BCUT2D eigenvalue weighted by Gasteiger charge is 2.16. The topological polar surface area (TPSA) is 55.3 Å². The van der Waals surface area contributed by atoms with E-state index < -0.39 is 5.97 Å². The van der Waals surface area contributed by atoms with Crippen molar-refractivity contribution in [1.29, 1.82) is 0 Å². The molecule has 5 nitrogen and oxygen atoms in total. The Kier molecular flexibility index (Phi) is 5.02. The number of carbonyl (C=O) groups excluding carboxylic acids is 1. The van der Waals surface area contributed by atoms with E-state index >= 15 is 0 Å². The molecular formula is C20H25N3O2. The van der Waals surface area contributed by atoms with E-state index in [1.165, 1.54) is 18.4 Å². The molecule has 1 aromatic heterocycles. The predicted molar refractivity (Wildman–Crippen MR) is 97.7 cm³/mol. The van der Waals surface area contributed by atoms with Gasteiger partial charge in [0, 0.05) is 13.1 Å². The summed E-state index contributed by atoms with van der Waals surface area (Å²) in [5, 5.41) is 8.17. The molecule has 1 aliphatic heterocycles. The van der Waals surface area contributed by atoms with Crippen LogP contribution in [0.15, 0.2) is 36.4 Å². The Labute approximate surface area is 149 Å². The van der Waals surface area contributed by atoms with E-state index in [-0.39, 0.29) is 17.7 Å².